The highest BCUT2D eigenvalue weighted by Crippen LogP contribution is 2.14. The summed E-state index contributed by atoms with van der Waals surface area (Å²) in [5.41, 5.74) is 0. The van der Waals surface area contributed by atoms with Gasteiger partial charge in [0, 0.05) is 19.0 Å². The number of rotatable bonds is 10. The third-order valence-corrected chi connectivity index (χ3v) is 2.87. The number of unbranched alkanes of at least 4 members (excludes halogenated alkanes) is 3. The summed E-state index contributed by atoms with van der Waals surface area (Å²) in [5, 5.41) is 3.29. The lowest BCUT2D eigenvalue weighted by molar-refractivity contribution is 0.292. The van der Waals surface area contributed by atoms with Crippen LogP contribution in [0.25, 0.3) is 0 Å². The van der Waals surface area contributed by atoms with E-state index in [9.17, 15) is 0 Å². The molecule has 4 heteroatoms. The van der Waals surface area contributed by atoms with E-state index in [1.165, 1.54) is 19.3 Å². The third kappa shape index (κ3) is 6.41. The van der Waals surface area contributed by atoms with Gasteiger partial charge in [-0.2, -0.15) is 4.98 Å². The molecule has 0 bridgehead atoms. The molecule has 0 aliphatic heterocycles. The molecule has 1 heterocycles. The van der Waals surface area contributed by atoms with Gasteiger partial charge in [-0.05, 0) is 12.8 Å². The molecule has 0 aliphatic rings. The molecule has 19 heavy (non-hydrogen) atoms. The molecule has 1 rings (SSSR count). The fourth-order valence-corrected chi connectivity index (χ4v) is 1.75. The van der Waals surface area contributed by atoms with Crippen molar-refractivity contribution in [3.8, 4) is 5.88 Å². The van der Waals surface area contributed by atoms with Crippen LogP contribution in [0.3, 0.4) is 0 Å². The molecule has 0 saturated heterocycles. The molecule has 0 unspecified atom stereocenters. The summed E-state index contributed by atoms with van der Waals surface area (Å²) in [6, 6.07) is 1.90. The van der Waals surface area contributed by atoms with E-state index in [0.29, 0.717) is 5.88 Å². The van der Waals surface area contributed by atoms with Crippen LogP contribution < -0.4 is 10.1 Å². The second kappa shape index (κ2) is 9.59. The van der Waals surface area contributed by atoms with Crippen LogP contribution in [0.1, 0.15) is 58.7 Å². The summed E-state index contributed by atoms with van der Waals surface area (Å²) < 4.78 is 5.72. The molecular formula is C15H27N3O. The highest BCUT2D eigenvalue weighted by Gasteiger charge is 2.04. The standard InChI is InChI=1S/C15H27N3O/c1-4-7-8-9-11-19-15-12-14(16-10-5-2)17-13(6-3)18-15/h12H,4-11H2,1-3H3,(H,16,17,18). The zero-order valence-corrected chi connectivity index (χ0v) is 12.5. The molecule has 0 saturated carbocycles. The average Bonchev–Trinajstić information content (AvgIpc) is 2.44. The first-order valence-electron chi connectivity index (χ1n) is 7.54. The van der Waals surface area contributed by atoms with Crippen molar-refractivity contribution in [1.29, 1.82) is 0 Å². The average molecular weight is 265 g/mol. The molecule has 108 valence electrons. The lowest BCUT2D eigenvalue weighted by Gasteiger charge is -2.10. The van der Waals surface area contributed by atoms with Gasteiger partial charge in [0.05, 0.1) is 6.61 Å². The van der Waals surface area contributed by atoms with Crippen LogP contribution in [0.15, 0.2) is 6.07 Å². The van der Waals surface area contributed by atoms with E-state index in [-0.39, 0.29) is 0 Å². The zero-order chi connectivity index (χ0) is 13.9. The Morgan fingerprint density at radius 3 is 2.58 bits per heavy atom. The van der Waals surface area contributed by atoms with Gasteiger partial charge in [0.2, 0.25) is 5.88 Å². The third-order valence-electron chi connectivity index (χ3n) is 2.87. The smallest absolute Gasteiger partial charge is 0.218 e. The number of nitrogens with one attached hydrogen (secondary N) is 1. The summed E-state index contributed by atoms with van der Waals surface area (Å²) >= 11 is 0. The first-order chi connectivity index (χ1) is 9.30. The SMILES string of the molecule is CCCCCCOc1cc(NCCC)nc(CC)n1. The summed E-state index contributed by atoms with van der Waals surface area (Å²) in [5.74, 6) is 2.41. The quantitative estimate of drug-likeness (QED) is 0.653. The van der Waals surface area contributed by atoms with Crippen LogP contribution in [0.2, 0.25) is 0 Å². The minimum atomic E-state index is 0.696. The number of aromatic nitrogens is 2. The molecule has 0 spiro atoms. The van der Waals surface area contributed by atoms with Crippen LogP contribution in [0.5, 0.6) is 5.88 Å². The van der Waals surface area contributed by atoms with Crippen molar-refractivity contribution in [2.45, 2.75) is 59.3 Å². The normalized spacial score (nSPS) is 10.5. The molecule has 0 amide bonds. The molecule has 0 atom stereocenters. The summed E-state index contributed by atoms with van der Waals surface area (Å²) in [6.07, 6.45) is 6.75. The van der Waals surface area contributed by atoms with E-state index in [4.69, 9.17) is 4.74 Å². The maximum Gasteiger partial charge on any atom is 0.218 e. The predicted octanol–water partition coefficient (Wildman–Crippen LogP) is 3.82. The Labute approximate surface area is 117 Å². The molecule has 1 N–H and O–H groups in total. The number of hydrogen-bond donors (Lipinski definition) is 1. The van der Waals surface area contributed by atoms with Crippen molar-refractivity contribution in [3.63, 3.8) is 0 Å². The number of nitrogens with zero attached hydrogens (tertiary/aromatic N) is 2. The second-order valence-corrected chi connectivity index (χ2v) is 4.70. The van der Waals surface area contributed by atoms with E-state index >= 15 is 0 Å². The molecule has 1 aromatic heterocycles. The van der Waals surface area contributed by atoms with Gasteiger partial charge < -0.3 is 10.1 Å². The molecule has 0 aliphatic carbocycles. The van der Waals surface area contributed by atoms with Gasteiger partial charge in [0.25, 0.3) is 0 Å². The van der Waals surface area contributed by atoms with Crippen molar-refractivity contribution in [1.82, 2.24) is 9.97 Å². The Morgan fingerprint density at radius 1 is 1.05 bits per heavy atom. The maximum absolute atomic E-state index is 5.72. The number of ether oxygens (including phenoxy) is 1. The Morgan fingerprint density at radius 2 is 1.89 bits per heavy atom. The van der Waals surface area contributed by atoms with E-state index < -0.39 is 0 Å². The first kappa shape index (κ1) is 15.7. The van der Waals surface area contributed by atoms with Gasteiger partial charge in [-0.25, -0.2) is 4.98 Å². The number of hydrogen-bond acceptors (Lipinski definition) is 4. The Kier molecular flexibility index (Phi) is 7.94. The summed E-state index contributed by atoms with van der Waals surface area (Å²) in [4.78, 5) is 8.85. The van der Waals surface area contributed by atoms with E-state index in [1.54, 1.807) is 0 Å². The molecule has 0 aromatic carbocycles. The lowest BCUT2D eigenvalue weighted by atomic mass is 10.2. The van der Waals surface area contributed by atoms with Crippen molar-refractivity contribution in [3.05, 3.63) is 11.9 Å². The topological polar surface area (TPSA) is 47.0 Å². The second-order valence-electron chi connectivity index (χ2n) is 4.70. The molecule has 1 aromatic rings. The summed E-state index contributed by atoms with van der Waals surface area (Å²) in [6.45, 7) is 8.08. The monoisotopic (exact) mass is 265 g/mol. The van der Waals surface area contributed by atoms with E-state index in [1.807, 2.05) is 6.07 Å². The highest BCUT2D eigenvalue weighted by molar-refractivity contribution is 5.38. The largest absolute Gasteiger partial charge is 0.478 e. The van der Waals surface area contributed by atoms with Crippen LogP contribution in [0, 0.1) is 0 Å². The van der Waals surface area contributed by atoms with Gasteiger partial charge in [0.1, 0.15) is 11.6 Å². The van der Waals surface area contributed by atoms with Crippen molar-refractivity contribution in [2.24, 2.45) is 0 Å². The Hall–Kier alpha value is -1.32. The van der Waals surface area contributed by atoms with Gasteiger partial charge in [0.15, 0.2) is 0 Å². The van der Waals surface area contributed by atoms with Crippen molar-refractivity contribution in [2.75, 3.05) is 18.5 Å². The lowest BCUT2D eigenvalue weighted by Crippen LogP contribution is -2.07. The van der Waals surface area contributed by atoms with E-state index in [2.05, 4.69) is 36.1 Å². The molecule has 4 nitrogen and oxygen atoms in total. The van der Waals surface area contributed by atoms with Crippen molar-refractivity contribution < 1.29 is 4.74 Å². The van der Waals surface area contributed by atoms with Crippen LogP contribution in [0.4, 0.5) is 5.82 Å². The first-order valence-corrected chi connectivity index (χ1v) is 7.54. The summed E-state index contributed by atoms with van der Waals surface area (Å²) in [7, 11) is 0. The van der Waals surface area contributed by atoms with Gasteiger partial charge in [-0.3, -0.25) is 0 Å². The fraction of sp³-hybridized carbons (Fsp3) is 0.733. The predicted molar refractivity (Wildman–Crippen MR) is 79.8 cm³/mol. The van der Waals surface area contributed by atoms with Gasteiger partial charge in [-0.15, -0.1) is 0 Å². The van der Waals surface area contributed by atoms with Gasteiger partial charge in [-0.1, -0.05) is 40.0 Å². The van der Waals surface area contributed by atoms with Crippen LogP contribution >= 0.6 is 0 Å². The van der Waals surface area contributed by atoms with Crippen LogP contribution in [-0.2, 0) is 6.42 Å². The fourth-order valence-electron chi connectivity index (χ4n) is 1.75. The van der Waals surface area contributed by atoms with Crippen molar-refractivity contribution >= 4 is 5.82 Å². The minimum absolute atomic E-state index is 0.696. The highest BCUT2D eigenvalue weighted by atomic mass is 16.5. The Bertz CT molecular complexity index is 355. The number of aryl methyl sites for hydroxylation is 1. The maximum atomic E-state index is 5.72. The number of anilines is 1. The Balaban J connectivity index is 2.50. The molecule has 0 radical (unpaired) electrons. The van der Waals surface area contributed by atoms with Gasteiger partial charge >= 0.3 is 0 Å². The zero-order valence-electron chi connectivity index (χ0n) is 12.5. The van der Waals surface area contributed by atoms with Crippen LogP contribution in [-0.4, -0.2) is 23.1 Å². The molecular weight excluding hydrogens is 238 g/mol. The minimum Gasteiger partial charge on any atom is -0.478 e. The van der Waals surface area contributed by atoms with E-state index in [0.717, 1.165) is 44.1 Å². The molecule has 0 fully saturated rings.